The SMILES string of the molecule is O=CC1(COc2ccccc2Br)CCC1. The molecule has 2 rings (SSSR count). The molecule has 2 nitrogen and oxygen atoms in total. The third kappa shape index (κ3) is 2.23. The Hall–Kier alpha value is -0.830. The molecule has 3 heteroatoms. The Morgan fingerprint density at radius 3 is 2.67 bits per heavy atom. The van der Waals surface area contributed by atoms with Gasteiger partial charge in [-0.2, -0.15) is 0 Å². The van der Waals surface area contributed by atoms with E-state index in [1.165, 1.54) is 0 Å². The van der Waals surface area contributed by atoms with Crippen LogP contribution in [0.2, 0.25) is 0 Å². The summed E-state index contributed by atoms with van der Waals surface area (Å²) in [7, 11) is 0. The van der Waals surface area contributed by atoms with Gasteiger partial charge in [0, 0.05) is 0 Å². The minimum atomic E-state index is -0.213. The van der Waals surface area contributed by atoms with Crippen molar-refractivity contribution in [1.29, 1.82) is 0 Å². The molecule has 0 unspecified atom stereocenters. The van der Waals surface area contributed by atoms with E-state index in [9.17, 15) is 4.79 Å². The third-order valence-electron chi connectivity index (χ3n) is 2.95. The summed E-state index contributed by atoms with van der Waals surface area (Å²) in [5, 5.41) is 0. The Balaban J connectivity index is 1.98. The third-order valence-corrected chi connectivity index (χ3v) is 3.61. The van der Waals surface area contributed by atoms with Crippen LogP contribution in [0, 0.1) is 5.41 Å². The zero-order chi connectivity index (χ0) is 10.7. The summed E-state index contributed by atoms with van der Waals surface area (Å²) < 4.78 is 6.59. The van der Waals surface area contributed by atoms with Gasteiger partial charge in [0.2, 0.25) is 0 Å². The van der Waals surface area contributed by atoms with E-state index < -0.39 is 0 Å². The van der Waals surface area contributed by atoms with Crippen LogP contribution in [-0.2, 0) is 4.79 Å². The summed E-state index contributed by atoms with van der Waals surface area (Å²) in [5.41, 5.74) is -0.213. The predicted octanol–water partition coefficient (Wildman–Crippen LogP) is 3.20. The molecular weight excluding hydrogens is 256 g/mol. The first-order valence-electron chi connectivity index (χ1n) is 5.09. The quantitative estimate of drug-likeness (QED) is 0.784. The summed E-state index contributed by atoms with van der Waals surface area (Å²) in [6, 6.07) is 7.70. The topological polar surface area (TPSA) is 26.3 Å². The lowest BCUT2D eigenvalue weighted by molar-refractivity contribution is -0.122. The number of benzene rings is 1. The molecule has 1 aromatic rings. The molecule has 0 aromatic heterocycles. The highest BCUT2D eigenvalue weighted by Gasteiger charge is 2.37. The number of hydrogen-bond acceptors (Lipinski definition) is 2. The number of halogens is 1. The van der Waals surface area contributed by atoms with Crippen molar-refractivity contribution in [3.05, 3.63) is 28.7 Å². The molecule has 0 heterocycles. The molecule has 1 aliphatic carbocycles. The van der Waals surface area contributed by atoms with Crippen molar-refractivity contribution in [3.63, 3.8) is 0 Å². The first kappa shape index (κ1) is 10.7. The molecule has 1 fully saturated rings. The Morgan fingerprint density at radius 2 is 2.13 bits per heavy atom. The largest absolute Gasteiger partial charge is 0.491 e. The number of hydrogen-bond donors (Lipinski definition) is 0. The van der Waals surface area contributed by atoms with Gasteiger partial charge in [-0.3, -0.25) is 0 Å². The summed E-state index contributed by atoms with van der Waals surface area (Å²) in [5.74, 6) is 0.811. The Labute approximate surface area is 97.8 Å². The monoisotopic (exact) mass is 268 g/mol. The van der Waals surface area contributed by atoms with Crippen molar-refractivity contribution in [1.82, 2.24) is 0 Å². The second kappa shape index (κ2) is 4.35. The second-order valence-corrected chi connectivity index (χ2v) is 4.91. The van der Waals surface area contributed by atoms with Crippen molar-refractivity contribution in [3.8, 4) is 5.75 Å². The molecule has 15 heavy (non-hydrogen) atoms. The van der Waals surface area contributed by atoms with Crippen LogP contribution in [0.25, 0.3) is 0 Å². The van der Waals surface area contributed by atoms with Gasteiger partial charge in [0.25, 0.3) is 0 Å². The van der Waals surface area contributed by atoms with E-state index in [-0.39, 0.29) is 5.41 Å². The Morgan fingerprint density at radius 1 is 1.40 bits per heavy atom. The Bertz CT molecular complexity index is 358. The molecule has 0 amide bonds. The first-order chi connectivity index (χ1) is 7.26. The lowest BCUT2D eigenvalue weighted by Crippen LogP contribution is -2.37. The van der Waals surface area contributed by atoms with Crippen LogP contribution in [0.4, 0.5) is 0 Å². The molecule has 0 spiro atoms. The minimum Gasteiger partial charge on any atom is -0.491 e. The van der Waals surface area contributed by atoms with Crippen molar-refractivity contribution < 1.29 is 9.53 Å². The first-order valence-corrected chi connectivity index (χ1v) is 5.89. The van der Waals surface area contributed by atoms with E-state index >= 15 is 0 Å². The van der Waals surface area contributed by atoms with Crippen LogP contribution in [-0.4, -0.2) is 12.9 Å². The fourth-order valence-corrected chi connectivity index (χ4v) is 2.11. The molecule has 0 aliphatic heterocycles. The highest BCUT2D eigenvalue weighted by Crippen LogP contribution is 2.39. The van der Waals surface area contributed by atoms with E-state index in [0.29, 0.717) is 6.61 Å². The number of aldehydes is 1. The van der Waals surface area contributed by atoms with Gasteiger partial charge in [-0.1, -0.05) is 18.6 Å². The van der Waals surface area contributed by atoms with E-state index in [2.05, 4.69) is 15.9 Å². The smallest absolute Gasteiger partial charge is 0.133 e. The van der Waals surface area contributed by atoms with Crippen LogP contribution in [0.1, 0.15) is 19.3 Å². The molecule has 1 aliphatic rings. The van der Waals surface area contributed by atoms with Crippen molar-refractivity contribution in [2.75, 3.05) is 6.61 Å². The standard InChI is InChI=1S/C12H13BrO2/c13-10-4-1-2-5-11(10)15-9-12(8-14)6-3-7-12/h1-2,4-5,8H,3,6-7,9H2. The van der Waals surface area contributed by atoms with Gasteiger partial charge in [-0.15, -0.1) is 0 Å². The van der Waals surface area contributed by atoms with Crippen LogP contribution >= 0.6 is 15.9 Å². The zero-order valence-corrected chi connectivity index (χ0v) is 10.00. The molecule has 1 saturated carbocycles. The van der Waals surface area contributed by atoms with E-state index in [0.717, 1.165) is 35.8 Å². The molecule has 0 bridgehead atoms. The van der Waals surface area contributed by atoms with Crippen molar-refractivity contribution in [2.45, 2.75) is 19.3 Å². The number of ether oxygens (including phenoxy) is 1. The van der Waals surface area contributed by atoms with E-state index in [1.54, 1.807) is 0 Å². The zero-order valence-electron chi connectivity index (χ0n) is 8.41. The van der Waals surface area contributed by atoms with E-state index in [4.69, 9.17) is 4.74 Å². The van der Waals surface area contributed by atoms with Crippen LogP contribution < -0.4 is 4.74 Å². The molecule has 1 aromatic carbocycles. The summed E-state index contributed by atoms with van der Waals surface area (Å²) in [4.78, 5) is 10.9. The lowest BCUT2D eigenvalue weighted by Gasteiger charge is -2.36. The van der Waals surface area contributed by atoms with Crippen molar-refractivity contribution >= 4 is 22.2 Å². The number of para-hydroxylation sites is 1. The van der Waals surface area contributed by atoms with Crippen LogP contribution in [0.15, 0.2) is 28.7 Å². The second-order valence-electron chi connectivity index (χ2n) is 4.05. The van der Waals surface area contributed by atoms with Gasteiger partial charge < -0.3 is 9.53 Å². The van der Waals surface area contributed by atoms with Gasteiger partial charge in [0.1, 0.15) is 18.6 Å². The molecule has 0 atom stereocenters. The lowest BCUT2D eigenvalue weighted by atomic mass is 9.71. The Kier molecular flexibility index (Phi) is 3.10. The fraction of sp³-hybridized carbons (Fsp3) is 0.417. The van der Waals surface area contributed by atoms with Gasteiger partial charge in [-0.25, -0.2) is 0 Å². The maximum atomic E-state index is 10.9. The molecule has 0 saturated heterocycles. The van der Waals surface area contributed by atoms with Gasteiger partial charge in [0.15, 0.2) is 0 Å². The van der Waals surface area contributed by atoms with E-state index in [1.807, 2.05) is 24.3 Å². The molecular formula is C12H13BrO2. The fourth-order valence-electron chi connectivity index (χ4n) is 1.71. The summed E-state index contributed by atoms with van der Waals surface area (Å²) >= 11 is 3.41. The molecule has 0 radical (unpaired) electrons. The van der Waals surface area contributed by atoms with Crippen LogP contribution in [0.3, 0.4) is 0 Å². The molecule has 80 valence electrons. The number of carbonyl (C=O) groups is 1. The maximum absolute atomic E-state index is 10.9. The summed E-state index contributed by atoms with van der Waals surface area (Å²) in [6.07, 6.45) is 4.10. The average Bonchev–Trinajstić information content (AvgIpc) is 2.19. The minimum absolute atomic E-state index is 0.213. The van der Waals surface area contributed by atoms with Gasteiger partial charge >= 0.3 is 0 Å². The molecule has 0 N–H and O–H groups in total. The maximum Gasteiger partial charge on any atom is 0.133 e. The van der Waals surface area contributed by atoms with Gasteiger partial charge in [0.05, 0.1) is 9.89 Å². The van der Waals surface area contributed by atoms with Gasteiger partial charge in [-0.05, 0) is 40.9 Å². The number of rotatable bonds is 4. The normalized spacial score (nSPS) is 17.9. The average molecular weight is 269 g/mol. The summed E-state index contributed by atoms with van der Waals surface area (Å²) in [6.45, 7) is 0.499. The highest BCUT2D eigenvalue weighted by atomic mass is 79.9. The predicted molar refractivity (Wildman–Crippen MR) is 62.0 cm³/mol. The highest BCUT2D eigenvalue weighted by molar-refractivity contribution is 9.10. The number of carbonyl (C=O) groups excluding carboxylic acids is 1. The van der Waals surface area contributed by atoms with Crippen LogP contribution in [0.5, 0.6) is 5.75 Å². The van der Waals surface area contributed by atoms with Crippen molar-refractivity contribution in [2.24, 2.45) is 5.41 Å².